The van der Waals surface area contributed by atoms with Crippen LogP contribution < -0.4 is 0 Å². The Balaban J connectivity index is 2.13. The number of phenolic OH excluding ortho intramolecular Hbond substituents is 1. The van der Waals surface area contributed by atoms with Crippen LogP contribution in [-0.4, -0.2) is 18.2 Å². The Morgan fingerprint density at radius 3 is 2.58 bits per heavy atom. The average molecular weight is 317 g/mol. The molecule has 0 radical (unpaired) electrons. The molecule has 0 aromatic heterocycles. The van der Waals surface area contributed by atoms with E-state index < -0.39 is 5.97 Å². The Hall–Kier alpha value is -3.32. The molecule has 0 unspecified atom stereocenters. The monoisotopic (exact) mass is 317 g/mol. The third-order valence-electron chi connectivity index (χ3n) is 4.00. The van der Waals surface area contributed by atoms with Crippen molar-refractivity contribution >= 4 is 16.7 Å². The van der Waals surface area contributed by atoms with E-state index in [1.165, 1.54) is 13.2 Å². The molecule has 0 fully saturated rings. The van der Waals surface area contributed by atoms with Crippen LogP contribution in [0.3, 0.4) is 0 Å². The molecule has 0 aliphatic rings. The number of fused-ring (bicyclic) bond motifs is 1. The van der Waals surface area contributed by atoms with Gasteiger partial charge in [0.05, 0.1) is 24.3 Å². The Kier molecular flexibility index (Phi) is 4.17. The number of esters is 1. The molecule has 3 rings (SSSR count). The lowest BCUT2D eigenvalue weighted by molar-refractivity contribution is 0.0602. The number of rotatable bonds is 3. The maximum atomic E-state index is 12.3. The first-order valence-corrected chi connectivity index (χ1v) is 7.45. The first kappa shape index (κ1) is 15.6. The molecule has 0 heterocycles. The molecule has 0 bridgehead atoms. The van der Waals surface area contributed by atoms with E-state index in [1.54, 1.807) is 12.1 Å². The summed E-state index contributed by atoms with van der Waals surface area (Å²) in [5.41, 5.74) is 2.30. The second-order valence-corrected chi connectivity index (χ2v) is 5.44. The number of benzene rings is 3. The van der Waals surface area contributed by atoms with E-state index >= 15 is 0 Å². The molecule has 24 heavy (non-hydrogen) atoms. The highest BCUT2D eigenvalue weighted by Crippen LogP contribution is 2.28. The number of aromatic hydroxyl groups is 1. The van der Waals surface area contributed by atoms with E-state index in [2.05, 4.69) is 0 Å². The zero-order valence-electron chi connectivity index (χ0n) is 13.1. The summed E-state index contributed by atoms with van der Waals surface area (Å²) >= 11 is 0. The minimum absolute atomic E-state index is 0.0398. The van der Waals surface area contributed by atoms with Gasteiger partial charge < -0.3 is 9.84 Å². The van der Waals surface area contributed by atoms with Crippen molar-refractivity contribution in [3.8, 4) is 11.8 Å². The van der Waals surface area contributed by atoms with E-state index in [9.17, 15) is 9.90 Å². The summed E-state index contributed by atoms with van der Waals surface area (Å²) in [5.74, 6) is -0.368. The molecule has 4 heteroatoms. The first-order chi connectivity index (χ1) is 11.6. The summed E-state index contributed by atoms with van der Waals surface area (Å²) in [5, 5.41) is 20.8. The van der Waals surface area contributed by atoms with Gasteiger partial charge in [-0.25, -0.2) is 4.79 Å². The fourth-order valence-electron chi connectivity index (χ4n) is 2.80. The van der Waals surface area contributed by atoms with E-state index in [4.69, 9.17) is 10.00 Å². The lowest BCUT2D eigenvalue weighted by Crippen LogP contribution is -2.07. The van der Waals surface area contributed by atoms with Crippen LogP contribution in [0.4, 0.5) is 0 Å². The van der Waals surface area contributed by atoms with E-state index in [0.717, 1.165) is 16.3 Å². The molecule has 0 spiro atoms. The van der Waals surface area contributed by atoms with Gasteiger partial charge in [-0.2, -0.15) is 5.26 Å². The maximum absolute atomic E-state index is 12.3. The van der Waals surface area contributed by atoms with Crippen LogP contribution in [-0.2, 0) is 11.2 Å². The molecule has 0 saturated heterocycles. The van der Waals surface area contributed by atoms with Gasteiger partial charge in [-0.15, -0.1) is 0 Å². The molecule has 0 amide bonds. The summed E-state index contributed by atoms with van der Waals surface area (Å²) in [4.78, 5) is 12.3. The van der Waals surface area contributed by atoms with Gasteiger partial charge in [0.1, 0.15) is 5.75 Å². The van der Waals surface area contributed by atoms with Crippen molar-refractivity contribution in [1.82, 2.24) is 0 Å². The van der Waals surface area contributed by atoms with Gasteiger partial charge in [-0.1, -0.05) is 42.5 Å². The lowest BCUT2D eigenvalue weighted by Gasteiger charge is -2.12. The first-order valence-electron chi connectivity index (χ1n) is 7.45. The summed E-state index contributed by atoms with van der Waals surface area (Å²) in [6.07, 6.45) is 0.368. The third kappa shape index (κ3) is 2.80. The predicted octanol–water partition coefficient (Wildman–Crippen LogP) is 3.79. The van der Waals surface area contributed by atoms with Gasteiger partial charge >= 0.3 is 5.97 Å². The van der Waals surface area contributed by atoms with Gasteiger partial charge in [0, 0.05) is 6.42 Å². The maximum Gasteiger partial charge on any atom is 0.338 e. The Morgan fingerprint density at radius 1 is 1.12 bits per heavy atom. The number of nitriles is 1. The highest BCUT2D eigenvalue weighted by atomic mass is 16.5. The molecule has 118 valence electrons. The molecule has 3 aromatic carbocycles. The van der Waals surface area contributed by atoms with E-state index in [-0.39, 0.29) is 5.75 Å². The summed E-state index contributed by atoms with van der Waals surface area (Å²) < 4.78 is 4.94. The van der Waals surface area contributed by atoms with Gasteiger partial charge in [-0.3, -0.25) is 0 Å². The van der Waals surface area contributed by atoms with Crippen LogP contribution in [0.5, 0.6) is 5.75 Å². The second kappa shape index (κ2) is 6.43. The minimum atomic E-state index is -0.407. The summed E-state index contributed by atoms with van der Waals surface area (Å²) in [6, 6.07) is 18.2. The Labute approximate surface area is 139 Å². The topological polar surface area (TPSA) is 70.3 Å². The molecule has 0 aliphatic carbocycles. The number of ether oxygens (including phenoxy) is 1. The van der Waals surface area contributed by atoms with Crippen molar-refractivity contribution in [2.45, 2.75) is 6.42 Å². The van der Waals surface area contributed by atoms with Crippen molar-refractivity contribution in [2.75, 3.05) is 7.11 Å². The molecule has 1 N–H and O–H groups in total. The number of hydrogen-bond acceptors (Lipinski definition) is 4. The standard InChI is InChI=1S/C20H15NO3/c1-24-20(23)19-16(9-8-14-4-2-3-5-17(14)19)11-15-7-6-13(12-21)10-18(15)22/h2-10,22H,11H2,1H3. The van der Waals surface area contributed by atoms with Crippen LogP contribution in [0, 0.1) is 11.3 Å². The number of phenols is 1. The smallest absolute Gasteiger partial charge is 0.338 e. The molecule has 4 nitrogen and oxygen atoms in total. The van der Waals surface area contributed by atoms with Crippen LogP contribution in [0.15, 0.2) is 54.6 Å². The quantitative estimate of drug-likeness (QED) is 0.746. The molecular formula is C20H15NO3. The molecular weight excluding hydrogens is 302 g/mol. The predicted molar refractivity (Wildman–Crippen MR) is 90.9 cm³/mol. The molecule has 3 aromatic rings. The van der Waals surface area contributed by atoms with E-state index in [1.807, 2.05) is 42.5 Å². The van der Waals surface area contributed by atoms with Crippen molar-refractivity contribution in [3.63, 3.8) is 0 Å². The summed E-state index contributed by atoms with van der Waals surface area (Å²) in [7, 11) is 1.35. The van der Waals surface area contributed by atoms with E-state index in [0.29, 0.717) is 23.1 Å². The highest BCUT2D eigenvalue weighted by Gasteiger charge is 2.17. The van der Waals surface area contributed by atoms with Gasteiger partial charge in [-0.05, 0) is 34.0 Å². The lowest BCUT2D eigenvalue weighted by atomic mass is 9.94. The van der Waals surface area contributed by atoms with Crippen LogP contribution in [0.25, 0.3) is 10.8 Å². The zero-order valence-corrected chi connectivity index (χ0v) is 13.1. The molecule has 0 atom stereocenters. The third-order valence-corrected chi connectivity index (χ3v) is 4.00. The van der Waals surface area contributed by atoms with Gasteiger partial charge in [0.2, 0.25) is 0 Å². The minimum Gasteiger partial charge on any atom is -0.508 e. The average Bonchev–Trinajstić information content (AvgIpc) is 2.62. The Morgan fingerprint density at radius 2 is 1.88 bits per heavy atom. The largest absolute Gasteiger partial charge is 0.508 e. The number of hydrogen-bond donors (Lipinski definition) is 1. The summed E-state index contributed by atoms with van der Waals surface area (Å²) in [6.45, 7) is 0. The van der Waals surface area contributed by atoms with Crippen molar-refractivity contribution in [3.05, 3.63) is 76.9 Å². The number of carbonyl (C=O) groups excluding carboxylic acids is 1. The van der Waals surface area contributed by atoms with Gasteiger partial charge in [0.25, 0.3) is 0 Å². The zero-order chi connectivity index (χ0) is 17.1. The molecule has 0 aliphatic heterocycles. The van der Waals surface area contributed by atoms with Crippen molar-refractivity contribution in [1.29, 1.82) is 5.26 Å². The van der Waals surface area contributed by atoms with Crippen molar-refractivity contribution in [2.24, 2.45) is 0 Å². The van der Waals surface area contributed by atoms with Crippen LogP contribution in [0.2, 0.25) is 0 Å². The highest BCUT2D eigenvalue weighted by molar-refractivity contribution is 6.06. The Bertz CT molecular complexity index is 970. The number of methoxy groups -OCH3 is 1. The number of carbonyl (C=O) groups is 1. The van der Waals surface area contributed by atoms with Crippen molar-refractivity contribution < 1.29 is 14.6 Å². The van der Waals surface area contributed by atoms with Crippen LogP contribution in [0.1, 0.15) is 27.0 Å². The van der Waals surface area contributed by atoms with Crippen LogP contribution >= 0.6 is 0 Å². The van der Waals surface area contributed by atoms with Gasteiger partial charge in [0.15, 0.2) is 0 Å². The fourth-order valence-corrected chi connectivity index (χ4v) is 2.80. The second-order valence-electron chi connectivity index (χ2n) is 5.44. The SMILES string of the molecule is COC(=O)c1c(Cc2ccc(C#N)cc2O)ccc2ccccc12. The normalized spacial score (nSPS) is 10.3. The number of nitrogens with zero attached hydrogens (tertiary/aromatic N) is 1. The fraction of sp³-hybridized carbons (Fsp3) is 0.100. The molecule has 0 saturated carbocycles.